The Morgan fingerprint density at radius 1 is 1.00 bits per heavy atom. The fourth-order valence-corrected chi connectivity index (χ4v) is 3.71. The van der Waals surface area contributed by atoms with Crippen molar-refractivity contribution in [2.75, 3.05) is 0 Å². The first kappa shape index (κ1) is 19.7. The molecule has 4 rings (SSSR count). The molecule has 30 heavy (non-hydrogen) atoms. The number of rotatable bonds is 3. The van der Waals surface area contributed by atoms with Crippen LogP contribution in [0, 0.1) is 17.0 Å². The predicted molar refractivity (Wildman–Crippen MR) is 116 cm³/mol. The standard InChI is InChI=1S/C21H17ClN4O4/c1-12-4-5-13(10-16(12)26(29)30)19-18-17(23(2)21(28)24(3)20(18)27)11-25(19)15-8-6-14(22)7-9-15/h4-11H,1-3H3. The number of hydrogen-bond donors (Lipinski definition) is 0. The monoisotopic (exact) mass is 424 g/mol. The average Bonchev–Trinajstić information content (AvgIpc) is 3.12. The number of benzene rings is 2. The number of nitro groups is 1. The maximum Gasteiger partial charge on any atom is 0.330 e. The first-order valence-electron chi connectivity index (χ1n) is 9.03. The number of nitro benzene ring substituents is 1. The van der Waals surface area contributed by atoms with Crippen molar-refractivity contribution in [1.82, 2.24) is 13.7 Å². The van der Waals surface area contributed by atoms with E-state index in [1.165, 1.54) is 17.7 Å². The lowest BCUT2D eigenvalue weighted by molar-refractivity contribution is -0.385. The third kappa shape index (κ3) is 2.93. The molecule has 0 radical (unpaired) electrons. The topological polar surface area (TPSA) is 92.1 Å². The van der Waals surface area contributed by atoms with E-state index in [1.54, 1.807) is 61.1 Å². The first-order valence-corrected chi connectivity index (χ1v) is 9.41. The zero-order valence-electron chi connectivity index (χ0n) is 16.4. The van der Waals surface area contributed by atoms with Crippen LogP contribution in [0.4, 0.5) is 5.69 Å². The molecule has 0 N–H and O–H groups in total. The molecule has 152 valence electrons. The van der Waals surface area contributed by atoms with E-state index < -0.39 is 16.2 Å². The molecule has 0 bridgehead atoms. The van der Waals surface area contributed by atoms with Gasteiger partial charge in [-0.15, -0.1) is 0 Å². The van der Waals surface area contributed by atoms with Gasteiger partial charge in [0.25, 0.3) is 11.2 Å². The number of halogens is 1. The van der Waals surface area contributed by atoms with Gasteiger partial charge in [-0.25, -0.2) is 4.79 Å². The molecule has 0 fully saturated rings. The molecule has 0 atom stereocenters. The van der Waals surface area contributed by atoms with Crippen molar-refractivity contribution in [3.8, 4) is 16.9 Å². The lowest BCUT2D eigenvalue weighted by Gasteiger charge is -2.11. The second-order valence-corrected chi connectivity index (χ2v) is 7.48. The molecule has 8 nitrogen and oxygen atoms in total. The summed E-state index contributed by atoms with van der Waals surface area (Å²) in [5, 5.41) is 12.3. The highest BCUT2D eigenvalue weighted by Crippen LogP contribution is 2.34. The summed E-state index contributed by atoms with van der Waals surface area (Å²) in [6.45, 7) is 1.65. The molecule has 0 aliphatic heterocycles. The lowest BCUT2D eigenvalue weighted by Crippen LogP contribution is -2.36. The van der Waals surface area contributed by atoms with Crippen LogP contribution in [-0.2, 0) is 14.1 Å². The van der Waals surface area contributed by atoms with Gasteiger partial charge in [-0.3, -0.25) is 24.0 Å². The fourth-order valence-electron chi connectivity index (χ4n) is 3.58. The quantitative estimate of drug-likeness (QED) is 0.371. The van der Waals surface area contributed by atoms with E-state index in [4.69, 9.17) is 11.6 Å². The number of nitrogens with zero attached hydrogens (tertiary/aromatic N) is 4. The highest BCUT2D eigenvalue weighted by Gasteiger charge is 2.22. The van der Waals surface area contributed by atoms with E-state index in [9.17, 15) is 19.7 Å². The molecule has 0 saturated heterocycles. The maximum absolute atomic E-state index is 13.1. The van der Waals surface area contributed by atoms with Crippen molar-refractivity contribution < 1.29 is 4.92 Å². The number of aromatic nitrogens is 3. The molecule has 2 heterocycles. The highest BCUT2D eigenvalue weighted by molar-refractivity contribution is 6.30. The van der Waals surface area contributed by atoms with E-state index in [1.807, 2.05) is 0 Å². The van der Waals surface area contributed by atoms with Gasteiger partial charge < -0.3 is 4.57 Å². The van der Waals surface area contributed by atoms with Crippen LogP contribution in [0.5, 0.6) is 0 Å². The van der Waals surface area contributed by atoms with E-state index in [-0.39, 0.29) is 5.69 Å². The van der Waals surface area contributed by atoms with Gasteiger partial charge in [-0.2, -0.15) is 0 Å². The average molecular weight is 425 g/mol. The summed E-state index contributed by atoms with van der Waals surface area (Å²) in [5.74, 6) is 0. The van der Waals surface area contributed by atoms with Gasteiger partial charge in [0.2, 0.25) is 0 Å². The van der Waals surface area contributed by atoms with Crippen LogP contribution >= 0.6 is 11.6 Å². The van der Waals surface area contributed by atoms with Crippen molar-refractivity contribution in [3.63, 3.8) is 0 Å². The Balaban J connectivity index is 2.19. The highest BCUT2D eigenvalue weighted by atomic mass is 35.5. The summed E-state index contributed by atoms with van der Waals surface area (Å²) in [6.07, 6.45) is 1.68. The van der Waals surface area contributed by atoms with Gasteiger partial charge in [0.15, 0.2) is 0 Å². The summed E-state index contributed by atoms with van der Waals surface area (Å²) in [5.41, 5.74) is 1.62. The van der Waals surface area contributed by atoms with Gasteiger partial charge in [0.05, 0.1) is 21.5 Å². The van der Waals surface area contributed by atoms with Crippen LogP contribution in [0.1, 0.15) is 5.56 Å². The Hall–Kier alpha value is -3.65. The molecule has 0 aliphatic rings. The van der Waals surface area contributed by atoms with Crippen molar-refractivity contribution in [3.05, 3.63) is 90.2 Å². The second-order valence-electron chi connectivity index (χ2n) is 7.05. The molecule has 2 aromatic heterocycles. The molecule has 9 heteroatoms. The van der Waals surface area contributed by atoms with E-state index in [0.29, 0.717) is 38.4 Å². The second kappa shape index (κ2) is 7.00. The maximum atomic E-state index is 13.1. The number of aryl methyl sites for hydroxylation is 2. The van der Waals surface area contributed by atoms with Gasteiger partial charge in [0, 0.05) is 48.2 Å². The molecular formula is C21H17ClN4O4. The minimum Gasteiger partial charge on any atom is -0.314 e. The molecule has 4 aromatic rings. The summed E-state index contributed by atoms with van der Waals surface area (Å²) in [4.78, 5) is 36.5. The molecule has 0 aliphatic carbocycles. The fraction of sp³-hybridized carbons (Fsp3) is 0.143. The van der Waals surface area contributed by atoms with Gasteiger partial charge in [0.1, 0.15) is 0 Å². The van der Waals surface area contributed by atoms with Crippen LogP contribution in [0.2, 0.25) is 5.02 Å². The zero-order valence-corrected chi connectivity index (χ0v) is 17.2. The van der Waals surface area contributed by atoms with Crippen molar-refractivity contribution >= 4 is 28.2 Å². The first-order chi connectivity index (χ1) is 14.2. The molecule has 0 spiro atoms. The SMILES string of the molecule is Cc1ccc(-c2c3c(=O)n(C)c(=O)n(C)c3cn2-c2ccc(Cl)cc2)cc1[N+](=O)[O-]. The van der Waals surface area contributed by atoms with E-state index >= 15 is 0 Å². The van der Waals surface area contributed by atoms with Crippen LogP contribution in [0.25, 0.3) is 27.8 Å². The Bertz CT molecular complexity index is 1450. The molecule has 0 amide bonds. The van der Waals surface area contributed by atoms with E-state index in [2.05, 4.69) is 0 Å². The van der Waals surface area contributed by atoms with Crippen molar-refractivity contribution in [1.29, 1.82) is 0 Å². The van der Waals surface area contributed by atoms with Crippen LogP contribution in [0.15, 0.2) is 58.3 Å². The van der Waals surface area contributed by atoms with Gasteiger partial charge >= 0.3 is 5.69 Å². The molecule has 0 unspecified atom stereocenters. The van der Waals surface area contributed by atoms with Crippen LogP contribution in [0.3, 0.4) is 0 Å². The predicted octanol–water partition coefficient (Wildman–Crippen LogP) is 3.56. The van der Waals surface area contributed by atoms with Crippen LogP contribution in [-0.4, -0.2) is 18.6 Å². The third-order valence-corrected chi connectivity index (χ3v) is 5.47. The minimum atomic E-state index is -0.473. The van der Waals surface area contributed by atoms with Gasteiger partial charge in [-0.1, -0.05) is 23.7 Å². The van der Waals surface area contributed by atoms with Crippen molar-refractivity contribution in [2.24, 2.45) is 14.1 Å². The molecule has 0 saturated carbocycles. The van der Waals surface area contributed by atoms with Crippen LogP contribution < -0.4 is 11.2 Å². The van der Waals surface area contributed by atoms with E-state index in [0.717, 1.165) is 4.57 Å². The summed E-state index contributed by atoms with van der Waals surface area (Å²) < 4.78 is 4.16. The number of fused-ring (bicyclic) bond motifs is 1. The minimum absolute atomic E-state index is 0.0499. The largest absolute Gasteiger partial charge is 0.330 e. The lowest BCUT2D eigenvalue weighted by atomic mass is 10.1. The summed E-state index contributed by atoms with van der Waals surface area (Å²) in [7, 11) is 2.99. The number of hydrogen-bond acceptors (Lipinski definition) is 4. The zero-order chi connectivity index (χ0) is 21.7. The third-order valence-electron chi connectivity index (χ3n) is 5.22. The summed E-state index contributed by atoms with van der Waals surface area (Å²) >= 11 is 6.02. The Labute approximate surface area is 175 Å². The summed E-state index contributed by atoms with van der Waals surface area (Å²) in [6, 6.07) is 11.8. The normalized spacial score (nSPS) is 11.2. The van der Waals surface area contributed by atoms with Crippen molar-refractivity contribution in [2.45, 2.75) is 6.92 Å². The molecule has 2 aromatic carbocycles. The Morgan fingerprint density at radius 3 is 2.30 bits per heavy atom. The molecular weight excluding hydrogens is 408 g/mol. The smallest absolute Gasteiger partial charge is 0.314 e. The van der Waals surface area contributed by atoms with Gasteiger partial charge in [-0.05, 0) is 31.2 Å². The Kier molecular flexibility index (Phi) is 4.58. The Morgan fingerprint density at radius 2 is 1.67 bits per heavy atom.